The van der Waals surface area contributed by atoms with E-state index in [-0.39, 0.29) is 0 Å². The summed E-state index contributed by atoms with van der Waals surface area (Å²) in [7, 11) is 4.32. The minimum Gasteiger partial charge on any atom is -0.313 e. The van der Waals surface area contributed by atoms with Crippen LogP contribution in [0.25, 0.3) is 0 Å². The molecule has 0 aliphatic carbocycles. The van der Waals surface area contributed by atoms with Crippen LogP contribution in [0.5, 0.6) is 0 Å². The topological polar surface area (TPSA) is 18.5 Å². The summed E-state index contributed by atoms with van der Waals surface area (Å²) >= 11 is 0. The van der Waals surface area contributed by atoms with E-state index in [1.807, 2.05) is 0 Å². The first-order valence-corrected chi connectivity index (χ1v) is 7.33. The van der Waals surface area contributed by atoms with Gasteiger partial charge in [0.25, 0.3) is 0 Å². The second kappa shape index (κ2) is 8.90. The van der Waals surface area contributed by atoms with Crippen molar-refractivity contribution < 1.29 is 0 Å². The summed E-state index contributed by atoms with van der Waals surface area (Å²) in [5, 5.41) is 3.66. The highest BCUT2D eigenvalue weighted by Crippen LogP contribution is 2.09. The fraction of sp³-hybridized carbons (Fsp3) is 1.00. The van der Waals surface area contributed by atoms with Crippen LogP contribution < -0.4 is 5.32 Å². The van der Waals surface area contributed by atoms with E-state index in [1.165, 1.54) is 64.8 Å². The quantitative estimate of drug-likeness (QED) is 0.699. The van der Waals surface area contributed by atoms with Crippen LogP contribution in [0.1, 0.15) is 39.0 Å². The zero-order chi connectivity index (χ0) is 12.5. The van der Waals surface area contributed by atoms with Crippen molar-refractivity contribution in [1.82, 2.24) is 15.1 Å². The van der Waals surface area contributed by atoms with Crippen LogP contribution in [0.4, 0.5) is 0 Å². The largest absolute Gasteiger partial charge is 0.313 e. The Labute approximate surface area is 108 Å². The maximum Gasteiger partial charge on any atom is 0.0195 e. The molecule has 1 unspecified atom stereocenters. The maximum atomic E-state index is 3.66. The highest BCUT2D eigenvalue weighted by atomic mass is 15.2. The molecule has 0 spiro atoms. The van der Waals surface area contributed by atoms with E-state index < -0.39 is 0 Å². The predicted octanol–water partition coefficient (Wildman–Crippen LogP) is 1.79. The van der Waals surface area contributed by atoms with Crippen molar-refractivity contribution in [2.24, 2.45) is 0 Å². The Morgan fingerprint density at radius 1 is 1.12 bits per heavy atom. The molecule has 1 rings (SSSR count). The third-order valence-corrected chi connectivity index (χ3v) is 3.51. The van der Waals surface area contributed by atoms with Crippen molar-refractivity contribution in [1.29, 1.82) is 0 Å². The van der Waals surface area contributed by atoms with Gasteiger partial charge in [0.15, 0.2) is 0 Å². The van der Waals surface area contributed by atoms with Gasteiger partial charge in [-0.3, -0.25) is 0 Å². The highest BCUT2D eigenvalue weighted by molar-refractivity contribution is 4.76. The molecule has 0 bridgehead atoms. The van der Waals surface area contributed by atoms with Crippen LogP contribution in [0.15, 0.2) is 0 Å². The van der Waals surface area contributed by atoms with E-state index in [9.17, 15) is 0 Å². The third kappa shape index (κ3) is 7.02. The summed E-state index contributed by atoms with van der Waals surface area (Å²) < 4.78 is 0. The van der Waals surface area contributed by atoms with Crippen LogP contribution in [0, 0.1) is 0 Å². The molecule has 0 aromatic heterocycles. The molecule has 1 fully saturated rings. The Morgan fingerprint density at radius 2 is 1.94 bits per heavy atom. The Morgan fingerprint density at radius 3 is 2.53 bits per heavy atom. The minimum absolute atomic E-state index is 0.745. The van der Waals surface area contributed by atoms with Gasteiger partial charge in [-0.1, -0.05) is 13.3 Å². The van der Waals surface area contributed by atoms with E-state index in [4.69, 9.17) is 0 Å². The van der Waals surface area contributed by atoms with Crippen LogP contribution in [-0.2, 0) is 0 Å². The molecule has 1 saturated heterocycles. The summed E-state index contributed by atoms with van der Waals surface area (Å²) in [5.41, 5.74) is 0. The Kier molecular flexibility index (Phi) is 7.82. The van der Waals surface area contributed by atoms with Crippen molar-refractivity contribution in [2.75, 3.05) is 46.8 Å². The average molecular weight is 241 g/mol. The van der Waals surface area contributed by atoms with Crippen LogP contribution in [0.2, 0.25) is 0 Å². The van der Waals surface area contributed by atoms with Gasteiger partial charge in [-0.15, -0.1) is 0 Å². The summed E-state index contributed by atoms with van der Waals surface area (Å²) in [6.07, 6.45) is 6.71. The lowest BCUT2D eigenvalue weighted by Crippen LogP contribution is -2.44. The molecule has 0 saturated carbocycles. The number of piperidine rings is 1. The number of hydrogen-bond donors (Lipinski definition) is 1. The average Bonchev–Trinajstić information content (AvgIpc) is 2.30. The van der Waals surface area contributed by atoms with E-state index in [0.717, 1.165) is 6.04 Å². The van der Waals surface area contributed by atoms with Gasteiger partial charge in [0.2, 0.25) is 0 Å². The van der Waals surface area contributed by atoms with Crippen LogP contribution in [0.3, 0.4) is 0 Å². The van der Waals surface area contributed by atoms with Crippen molar-refractivity contribution >= 4 is 0 Å². The van der Waals surface area contributed by atoms with Gasteiger partial charge in [-0.05, 0) is 66.0 Å². The van der Waals surface area contributed by atoms with Gasteiger partial charge in [0.05, 0.1) is 0 Å². The monoisotopic (exact) mass is 241 g/mol. The minimum atomic E-state index is 0.745. The standard InChI is InChI=1S/C14H31N3/c1-4-10-17(12-7-11-16(2)3)13-14-8-5-6-9-15-14/h14-15H,4-13H2,1-3H3. The normalized spacial score (nSPS) is 21.4. The van der Waals surface area contributed by atoms with Gasteiger partial charge in [-0.2, -0.15) is 0 Å². The van der Waals surface area contributed by atoms with Crippen molar-refractivity contribution in [2.45, 2.75) is 45.1 Å². The summed E-state index contributed by atoms with van der Waals surface area (Å²) in [4.78, 5) is 4.93. The van der Waals surface area contributed by atoms with Crippen molar-refractivity contribution in [3.63, 3.8) is 0 Å². The van der Waals surface area contributed by atoms with E-state index in [2.05, 4.69) is 36.1 Å². The summed E-state index contributed by atoms with van der Waals surface area (Å²) in [6.45, 7) is 8.48. The molecule has 3 nitrogen and oxygen atoms in total. The number of nitrogens with zero attached hydrogens (tertiary/aromatic N) is 2. The molecule has 1 heterocycles. The molecule has 1 aliphatic heterocycles. The number of nitrogens with one attached hydrogen (secondary N) is 1. The fourth-order valence-electron chi connectivity index (χ4n) is 2.61. The Hall–Kier alpha value is -0.120. The first-order chi connectivity index (χ1) is 8.22. The summed E-state index contributed by atoms with van der Waals surface area (Å²) in [6, 6.07) is 0.745. The van der Waals surface area contributed by atoms with Gasteiger partial charge in [0, 0.05) is 12.6 Å². The molecule has 0 aromatic rings. The molecule has 3 heteroatoms. The predicted molar refractivity (Wildman–Crippen MR) is 75.5 cm³/mol. The molecule has 102 valence electrons. The van der Waals surface area contributed by atoms with Gasteiger partial charge < -0.3 is 15.1 Å². The maximum absolute atomic E-state index is 3.66. The zero-order valence-electron chi connectivity index (χ0n) is 12.0. The lowest BCUT2D eigenvalue weighted by molar-refractivity contribution is 0.214. The Bertz CT molecular complexity index is 176. The SMILES string of the molecule is CCCN(CCCN(C)C)CC1CCCCN1. The lowest BCUT2D eigenvalue weighted by Gasteiger charge is -2.30. The highest BCUT2D eigenvalue weighted by Gasteiger charge is 2.15. The molecule has 1 atom stereocenters. The molecule has 1 N–H and O–H groups in total. The van der Waals surface area contributed by atoms with E-state index in [0.29, 0.717) is 0 Å². The molecular formula is C14H31N3. The lowest BCUT2D eigenvalue weighted by atomic mass is 10.0. The first kappa shape index (κ1) is 14.9. The zero-order valence-corrected chi connectivity index (χ0v) is 12.0. The fourth-order valence-corrected chi connectivity index (χ4v) is 2.61. The van der Waals surface area contributed by atoms with Gasteiger partial charge in [-0.25, -0.2) is 0 Å². The van der Waals surface area contributed by atoms with Gasteiger partial charge >= 0.3 is 0 Å². The number of rotatable bonds is 8. The van der Waals surface area contributed by atoms with Crippen molar-refractivity contribution in [3.8, 4) is 0 Å². The van der Waals surface area contributed by atoms with Crippen LogP contribution >= 0.6 is 0 Å². The van der Waals surface area contributed by atoms with E-state index >= 15 is 0 Å². The van der Waals surface area contributed by atoms with Gasteiger partial charge in [0.1, 0.15) is 0 Å². The first-order valence-electron chi connectivity index (χ1n) is 7.33. The van der Waals surface area contributed by atoms with E-state index in [1.54, 1.807) is 0 Å². The molecule has 0 radical (unpaired) electrons. The molecule has 0 amide bonds. The molecule has 17 heavy (non-hydrogen) atoms. The van der Waals surface area contributed by atoms with Crippen LogP contribution in [-0.4, -0.2) is 62.7 Å². The second-order valence-corrected chi connectivity index (χ2v) is 5.60. The third-order valence-electron chi connectivity index (χ3n) is 3.51. The molecule has 0 aromatic carbocycles. The molecule has 1 aliphatic rings. The smallest absolute Gasteiger partial charge is 0.0195 e. The summed E-state index contributed by atoms with van der Waals surface area (Å²) in [5.74, 6) is 0. The van der Waals surface area contributed by atoms with Crippen molar-refractivity contribution in [3.05, 3.63) is 0 Å². The molecular weight excluding hydrogens is 210 g/mol. The number of hydrogen-bond acceptors (Lipinski definition) is 3. The second-order valence-electron chi connectivity index (χ2n) is 5.60. The Balaban J connectivity index is 2.21.